The lowest BCUT2D eigenvalue weighted by Crippen LogP contribution is -2.30. The van der Waals surface area contributed by atoms with Crippen LogP contribution in [0.25, 0.3) is 5.69 Å². The van der Waals surface area contributed by atoms with E-state index in [2.05, 4.69) is 17.3 Å². The first-order valence-corrected chi connectivity index (χ1v) is 8.81. The van der Waals surface area contributed by atoms with Crippen molar-refractivity contribution in [2.45, 2.75) is 19.9 Å². The standard InChI is InChI=1S/C21H24N4O/c1-3-18-9-7-8-12-20(18)23-21(26)16-24(2)14-17-13-22-25(15-17)19-10-5-4-6-11-19/h4-13,15H,3,14,16H2,1-2H3,(H,23,26). The number of hydrogen-bond acceptors (Lipinski definition) is 3. The smallest absolute Gasteiger partial charge is 0.238 e. The summed E-state index contributed by atoms with van der Waals surface area (Å²) in [4.78, 5) is 14.3. The number of anilines is 1. The number of benzene rings is 2. The zero-order chi connectivity index (χ0) is 18.4. The highest BCUT2D eigenvalue weighted by Crippen LogP contribution is 2.15. The maximum atomic E-state index is 12.3. The number of rotatable bonds is 7. The molecule has 5 nitrogen and oxygen atoms in total. The second-order valence-corrected chi connectivity index (χ2v) is 6.36. The van der Waals surface area contributed by atoms with Crippen molar-refractivity contribution in [2.75, 3.05) is 18.9 Å². The highest BCUT2D eigenvalue weighted by atomic mass is 16.2. The van der Waals surface area contributed by atoms with Crippen LogP contribution >= 0.6 is 0 Å². The van der Waals surface area contributed by atoms with E-state index in [-0.39, 0.29) is 5.91 Å². The van der Waals surface area contributed by atoms with Crippen molar-refractivity contribution >= 4 is 11.6 Å². The molecule has 0 radical (unpaired) electrons. The molecule has 1 N–H and O–H groups in total. The maximum absolute atomic E-state index is 12.3. The predicted octanol–water partition coefficient (Wildman–Crippen LogP) is 3.51. The zero-order valence-electron chi connectivity index (χ0n) is 15.2. The summed E-state index contributed by atoms with van der Waals surface area (Å²) in [6.45, 7) is 3.08. The molecular formula is C21H24N4O. The Hall–Kier alpha value is -2.92. The van der Waals surface area contributed by atoms with Crippen molar-refractivity contribution in [3.05, 3.63) is 78.1 Å². The SMILES string of the molecule is CCc1ccccc1NC(=O)CN(C)Cc1cnn(-c2ccccc2)c1. The van der Waals surface area contributed by atoms with Gasteiger partial charge in [0.05, 0.1) is 18.4 Å². The van der Waals surface area contributed by atoms with Crippen LogP contribution in [0.2, 0.25) is 0 Å². The normalized spacial score (nSPS) is 10.9. The third-order valence-corrected chi connectivity index (χ3v) is 4.20. The van der Waals surface area contributed by atoms with Gasteiger partial charge in [-0.2, -0.15) is 5.10 Å². The van der Waals surface area contributed by atoms with Gasteiger partial charge < -0.3 is 5.32 Å². The maximum Gasteiger partial charge on any atom is 0.238 e. The fraction of sp³-hybridized carbons (Fsp3) is 0.238. The quantitative estimate of drug-likeness (QED) is 0.711. The minimum Gasteiger partial charge on any atom is -0.325 e. The molecule has 0 saturated heterocycles. The van der Waals surface area contributed by atoms with Crippen LogP contribution in [0.15, 0.2) is 67.0 Å². The average molecular weight is 348 g/mol. The topological polar surface area (TPSA) is 50.2 Å². The number of nitrogens with zero attached hydrogens (tertiary/aromatic N) is 3. The monoisotopic (exact) mass is 348 g/mol. The molecule has 0 aliphatic rings. The largest absolute Gasteiger partial charge is 0.325 e. The van der Waals surface area contributed by atoms with Crippen LogP contribution in [0.5, 0.6) is 0 Å². The Balaban J connectivity index is 1.56. The number of para-hydroxylation sites is 2. The Morgan fingerprint density at radius 2 is 1.85 bits per heavy atom. The summed E-state index contributed by atoms with van der Waals surface area (Å²) in [5.74, 6) is -0.0103. The fourth-order valence-electron chi connectivity index (χ4n) is 2.92. The van der Waals surface area contributed by atoms with Crippen LogP contribution < -0.4 is 5.32 Å². The van der Waals surface area contributed by atoms with Crippen molar-refractivity contribution < 1.29 is 4.79 Å². The van der Waals surface area contributed by atoms with Gasteiger partial charge in [-0.1, -0.05) is 43.3 Å². The molecule has 1 amide bonds. The summed E-state index contributed by atoms with van der Waals surface area (Å²) in [5.41, 5.74) is 4.13. The summed E-state index contributed by atoms with van der Waals surface area (Å²) < 4.78 is 1.85. The zero-order valence-corrected chi connectivity index (χ0v) is 15.2. The van der Waals surface area contributed by atoms with Crippen molar-refractivity contribution in [1.82, 2.24) is 14.7 Å². The number of carbonyl (C=O) groups is 1. The second kappa shape index (κ2) is 8.45. The molecule has 0 unspecified atom stereocenters. The predicted molar refractivity (Wildman–Crippen MR) is 104 cm³/mol. The lowest BCUT2D eigenvalue weighted by molar-refractivity contribution is -0.117. The molecule has 3 aromatic rings. The first kappa shape index (κ1) is 17.9. The molecular weight excluding hydrogens is 324 g/mol. The summed E-state index contributed by atoms with van der Waals surface area (Å²) in [6, 6.07) is 17.9. The molecule has 0 aliphatic heterocycles. The second-order valence-electron chi connectivity index (χ2n) is 6.36. The fourth-order valence-corrected chi connectivity index (χ4v) is 2.92. The van der Waals surface area contributed by atoms with Gasteiger partial charge in [-0.15, -0.1) is 0 Å². The van der Waals surface area contributed by atoms with Crippen LogP contribution in [0.4, 0.5) is 5.69 Å². The van der Waals surface area contributed by atoms with E-state index in [1.54, 1.807) is 0 Å². The third-order valence-electron chi connectivity index (χ3n) is 4.20. The molecule has 0 bridgehead atoms. The number of carbonyl (C=O) groups excluding carboxylic acids is 1. The van der Waals surface area contributed by atoms with Crippen LogP contribution in [0, 0.1) is 0 Å². The number of hydrogen-bond donors (Lipinski definition) is 1. The minimum atomic E-state index is -0.0103. The van der Waals surface area contributed by atoms with Gasteiger partial charge in [-0.05, 0) is 37.2 Å². The van der Waals surface area contributed by atoms with Crippen molar-refractivity contribution in [3.8, 4) is 5.69 Å². The van der Waals surface area contributed by atoms with E-state index in [9.17, 15) is 4.79 Å². The van der Waals surface area contributed by atoms with E-state index in [1.165, 1.54) is 0 Å². The van der Waals surface area contributed by atoms with Gasteiger partial charge in [-0.3, -0.25) is 9.69 Å². The van der Waals surface area contributed by atoms with Crippen molar-refractivity contribution in [1.29, 1.82) is 0 Å². The highest BCUT2D eigenvalue weighted by Gasteiger charge is 2.10. The summed E-state index contributed by atoms with van der Waals surface area (Å²) in [5, 5.41) is 7.41. The van der Waals surface area contributed by atoms with E-state index in [1.807, 2.05) is 83.6 Å². The first-order chi connectivity index (χ1) is 12.7. The molecule has 0 atom stereocenters. The molecule has 2 aromatic carbocycles. The Morgan fingerprint density at radius 3 is 2.62 bits per heavy atom. The van der Waals surface area contributed by atoms with E-state index in [0.717, 1.165) is 28.9 Å². The Labute approximate surface area is 154 Å². The summed E-state index contributed by atoms with van der Waals surface area (Å²) in [7, 11) is 1.94. The summed E-state index contributed by atoms with van der Waals surface area (Å²) >= 11 is 0. The molecule has 0 fully saturated rings. The van der Waals surface area contributed by atoms with Gasteiger partial charge in [0.25, 0.3) is 0 Å². The molecule has 134 valence electrons. The number of amides is 1. The van der Waals surface area contributed by atoms with Gasteiger partial charge >= 0.3 is 0 Å². The number of nitrogens with one attached hydrogen (secondary N) is 1. The summed E-state index contributed by atoms with van der Waals surface area (Å²) in [6.07, 6.45) is 4.73. The molecule has 3 rings (SSSR count). The lowest BCUT2D eigenvalue weighted by atomic mass is 10.1. The molecule has 1 heterocycles. The molecule has 0 saturated carbocycles. The van der Waals surface area contributed by atoms with Gasteiger partial charge in [0.1, 0.15) is 0 Å². The average Bonchev–Trinajstić information content (AvgIpc) is 3.11. The van der Waals surface area contributed by atoms with Crippen LogP contribution in [0.1, 0.15) is 18.1 Å². The van der Waals surface area contributed by atoms with E-state index >= 15 is 0 Å². The number of aryl methyl sites for hydroxylation is 1. The van der Waals surface area contributed by atoms with E-state index in [0.29, 0.717) is 13.1 Å². The van der Waals surface area contributed by atoms with Crippen LogP contribution in [-0.4, -0.2) is 34.2 Å². The number of likely N-dealkylation sites (N-methyl/N-ethyl adjacent to an activating group) is 1. The number of aromatic nitrogens is 2. The highest BCUT2D eigenvalue weighted by molar-refractivity contribution is 5.92. The van der Waals surface area contributed by atoms with E-state index < -0.39 is 0 Å². The first-order valence-electron chi connectivity index (χ1n) is 8.81. The van der Waals surface area contributed by atoms with Crippen LogP contribution in [-0.2, 0) is 17.8 Å². The molecule has 0 aliphatic carbocycles. The van der Waals surface area contributed by atoms with Crippen molar-refractivity contribution in [3.63, 3.8) is 0 Å². The molecule has 1 aromatic heterocycles. The molecule has 5 heteroatoms. The van der Waals surface area contributed by atoms with Gasteiger partial charge in [0.15, 0.2) is 0 Å². The Kier molecular flexibility index (Phi) is 5.81. The lowest BCUT2D eigenvalue weighted by Gasteiger charge is -2.16. The minimum absolute atomic E-state index is 0.0103. The van der Waals surface area contributed by atoms with Crippen LogP contribution in [0.3, 0.4) is 0 Å². The Bertz CT molecular complexity index is 857. The van der Waals surface area contributed by atoms with Gasteiger partial charge in [-0.25, -0.2) is 4.68 Å². The van der Waals surface area contributed by atoms with E-state index in [4.69, 9.17) is 0 Å². The van der Waals surface area contributed by atoms with Crippen molar-refractivity contribution in [2.24, 2.45) is 0 Å². The molecule has 0 spiro atoms. The third kappa shape index (κ3) is 4.58. The van der Waals surface area contributed by atoms with Gasteiger partial charge in [0.2, 0.25) is 5.91 Å². The Morgan fingerprint density at radius 1 is 1.12 bits per heavy atom. The molecule has 26 heavy (non-hydrogen) atoms. The van der Waals surface area contributed by atoms with Gasteiger partial charge in [0, 0.05) is 24.0 Å².